The van der Waals surface area contributed by atoms with Gasteiger partial charge in [-0.25, -0.2) is 0 Å². The predicted octanol–water partition coefficient (Wildman–Crippen LogP) is -0.101. The van der Waals surface area contributed by atoms with E-state index in [2.05, 4.69) is 48.1 Å². The van der Waals surface area contributed by atoms with Crippen molar-refractivity contribution >= 4 is 11.8 Å². The lowest BCUT2D eigenvalue weighted by molar-refractivity contribution is -0.139. The van der Waals surface area contributed by atoms with E-state index in [-0.39, 0.29) is 0 Å². The molecule has 0 unspecified atom stereocenters. The minimum atomic E-state index is -0.561. The molecule has 0 aliphatic rings. The number of carbonyl (C=O) groups is 2. The Labute approximate surface area is 122 Å². The number of amides is 2. The zero-order chi connectivity index (χ0) is 15.7. The quantitative estimate of drug-likeness (QED) is 0.612. The number of hydrogen-bond acceptors (Lipinski definition) is 4. The largest absolute Gasteiger partial charge is 0.347 e. The van der Waals surface area contributed by atoms with Gasteiger partial charge >= 0.3 is 11.8 Å². The molecule has 0 aromatic heterocycles. The lowest BCUT2D eigenvalue weighted by Crippen LogP contribution is -2.45. The maximum absolute atomic E-state index is 11.5. The van der Waals surface area contributed by atoms with Crippen LogP contribution in [0.25, 0.3) is 0 Å². The van der Waals surface area contributed by atoms with Crippen molar-refractivity contribution in [3.05, 3.63) is 0 Å². The molecule has 0 aromatic rings. The Balaban J connectivity index is 3.80. The molecule has 0 rings (SSSR count). The summed E-state index contributed by atoms with van der Waals surface area (Å²) in [5, 5.41) is 5.25. The van der Waals surface area contributed by atoms with E-state index in [0.29, 0.717) is 25.2 Å². The van der Waals surface area contributed by atoms with E-state index in [0.717, 1.165) is 13.1 Å². The highest BCUT2D eigenvalue weighted by Crippen LogP contribution is 1.91. The Morgan fingerprint density at radius 1 is 0.800 bits per heavy atom. The summed E-state index contributed by atoms with van der Waals surface area (Å²) in [4.78, 5) is 27.3. The first kappa shape index (κ1) is 18.9. The molecule has 118 valence electrons. The SMILES string of the molecule is CC(C)N(C)CCNC(=O)C(=O)NCCN(C)C(C)C. The molecule has 0 spiro atoms. The van der Waals surface area contributed by atoms with E-state index < -0.39 is 11.8 Å². The van der Waals surface area contributed by atoms with Crippen molar-refractivity contribution in [2.45, 2.75) is 39.8 Å². The van der Waals surface area contributed by atoms with Gasteiger partial charge in [0.15, 0.2) is 0 Å². The van der Waals surface area contributed by atoms with Gasteiger partial charge in [0.1, 0.15) is 0 Å². The fourth-order valence-corrected chi connectivity index (χ4v) is 1.37. The van der Waals surface area contributed by atoms with Crippen LogP contribution in [0, 0.1) is 0 Å². The Hall–Kier alpha value is -1.14. The van der Waals surface area contributed by atoms with Gasteiger partial charge in [-0.05, 0) is 41.8 Å². The number of nitrogens with zero attached hydrogens (tertiary/aromatic N) is 2. The molecule has 2 amide bonds. The van der Waals surface area contributed by atoms with E-state index in [9.17, 15) is 9.59 Å². The first-order valence-electron chi connectivity index (χ1n) is 7.22. The summed E-state index contributed by atoms with van der Waals surface area (Å²) in [6.07, 6.45) is 0. The van der Waals surface area contributed by atoms with Gasteiger partial charge in [0.05, 0.1) is 0 Å². The summed E-state index contributed by atoms with van der Waals surface area (Å²) in [5.41, 5.74) is 0. The lowest BCUT2D eigenvalue weighted by atomic mass is 10.3. The van der Waals surface area contributed by atoms with Gasteiger partial charge < -0.3 is 20.4 Å². The monoisotopic (exact) mass is 286 g/mol. The Bertz CT molecular complexity index is 276. The molecular weight excluding hydrogens is 256 g/mol. The van der Waals surface area contributed by atoms with Crippen molar-refractivity contribution < 1.29 is 9.59 Å². The Kier molecular flexibility index (Phi) is 9.16. The second kappa shape index (κ2) is 9.72. The Morgan fingerprint density at radius 2 is 1.10 bits per heavy atom. The number of rotatable bonds is 8. The standard InChI is InChI=1S/C14H30N4O2/c1-11(2)17(5)9-7-15-13(19)14(20)16-8-10-18(6)12(3)4/h11-12H,7-10H2,1-6H3,(H,15,19)(H,16,20). The van der Waals surface area contributed by atoms with Crippen molar-refractivity contribution in [1.82, 2.24) is 20.4 Å². The second-order valence-electron chi connectivity index (χ2n) is 5.66. The third-order valence-electron chi connectivity index (χ3n) is 3.47. The second-order valence-corrected chi connectivity index (χ2v) is 5.66. The minimum absolute atomic E-state index is 0.423. The highest BCUT2D eigenvalue weighted by atomic mass is 16.2. The summed E-state index contributed by atoms with van der Waals surface area (Å²) in [5.74, 6) is -1.12. The summed E-state index contributed by atoms with van der Waals surface area (Å²) < 4.78 is 0. The van der Waals surface area contributed by atoms with Gasteiger partial charge in [-0.1, -0.05) is 0 Å². The number of likely N-dealkylation sites (N-methyl/N-ethyl adjacent to an activating group) is 2. The lowest BCUT2D eigenvalue weighted by Gasteiger charge is -2.21. The molecule has 0 aliphatic carbocycles. The molecule has 2 N–H and O–H groups in total. The van der Waals surface area contributed by atoms with Crippen molar-refractivity contribution in [2.24, 2.45) is 0 Å². The minimum Gasteiger partial charge on any atom is -0.347 e. The van der Waals surface area contributed by atoms with Crippen molar-refractivity contribution in [2.75, 3.05) is 40.3 Å². The average Bonchev–Trinajstić information content (AvgIpc) is 2.37. The maximum atomic E-state index is 11.5. The average molecular weight is 286 g/mol. The summed E-state index contributed by atoms with van der Waals surface area (Å²) in [6.45, 7) is 10.7. The summed E-state index contributed by atoms with van der Waals surface area (Å²) in [6, 6.07) is 0.847. The molecule has 0 aliphatic heterocycles. The first-order valence-corrected chi connectivity index (χ1v) is 7.22. The summed E-state index contributed by atoms with van der Waals surface area (Å²) >= 11 is 0. The van der Waals surface area contributed by atoms with Crippen LogP contribution in [-0.2, 0) is 9.59 Å². The van der Waals surface area contributed by atoms with E-state index in [4.69, 9.17) is 0 Å². The van der Waals surface area contributed by atoms with E-state index in [1.165, 1.54) is 0 Å². The molecular formula is C14H30N4O2. The molecule has 0 radical (unpaired) electrons. The fourth-order valence-electron chi connectivity index (χ4n) is 1.37. The van der Waals surface area contributed by atoms with Crippen LogP contribution in [0.5, 0.6) is 0 Å². The molecule has 0 atom stereocenters. The Morgan fingerprint density at radius 3 is 1.35 bits per heavy atom. The molecule has 6 heteroatoms. The number of nitrogens with one attached hydrogen (secondary N) is 2. The molecule has 0 saturated carbocycles. The van der Waals surface area contributed by atoms with E-state index >= 15 is 0 Å². The molecule has 6 nitrogen and oxygen atoms in total. The van der Waals surface area contributed by atoms with Crippen LogP contribution in [0.2, 0.25) is 0 Å². The number of hydrogen-bond donors (Lipinski definition) is 2. The third kappa shape index (κ3) is 8.12. The molecule has 0 saturated heterocycles. The zero-order valence-corrected chi connectivity index (χ0v) is 13.7. The number of carbonyl (C=O) groups excluding carboxylic acids is 2. The van der Waals surface area contributed by atoms with Gasteiger partial charge in [0, 0.05) is 38.3 Å². The van der Waals surface area contributed by atoms with Gasteiger partial charge in [-0.2, -0.15) is 0 Å². The smallest absolute Gasteiger partial charge is 0.309 e. The summed E-state index contributed by atoms with van der Waals surface area (Å²) in [7, 11) is 3.97. The van der Waals surface area contributed by atoms with Crippen LogP contribution in [-0.4, -0.2) is 74.0 Å². The zero-order valence-electron chi connectivity index (χ0n) is 13.7. The highest BCUT2D eigenvalue weighted by molar-refractivity contribution is 6.35. The van der Waals surface area contributed by atoms with Gasteiger partial charge in [-0.15, -0.1) is 0 Å². The van der Waals surface area contributed by atoms with Crippen molar-refractivity contribution in [3.63, 3.8) is 0 Å². The van der Waals surface area contributed by atoms with Crippen LogP contribution >= 0.6 is 0 Å². The molecule has 0 heterocycles. The van der Waals surface area contributed by atoms with Gasteiger partial charge in [0.2, 0.25) is 0 Å². The van der Waals surface area contributed by atoms with Gasteiger partial charge in [0.25, 0.3) is 0 Å². The fraction of sp³-hybridized carbons (Fsp3) is 0.857. The van der Waals surface area contributed by atoms with Crippen LogP contribution in [0.3, 0.4) is 0 Å². The van der Waals surface area contributed by atoms with Gasteiger partial charge in [-0.3, -0.25) is 9.59 Å². The van der Waals surface area contributed by atoms with Crippen LogP contribution in [0.15, 0.2) is 0 Å². The van der Waals surface area contributed by atoms with Crippen LogP contribution < -0.4 is 10.6 Å². The van der Waals surface area contributed by atoms with E-state index in [1.807, 2.05) is 14.1 Å². The van der Waals surface area contributed by atoms with Crippen molar-refractivity contribution in [3.8, 4) is 0 Å². The van der Waals surface area contributed by atoms with E-state index in [1.54, 1.807) is 0 Å². The maximum Gasteiger partial charge on any atom is 0.309 e. The predicted molar refractivity (Wildman–Crippen MR) is 81.6 cm³/mol. The molecule has 0 fully saturated rings. The topological polar surface area (TPSA) is 64.7 Å². The van der Waals surface area contributed by atoms with Crippen LogP contribution in [0.1, 0.15) is 27.7 Å². The van der Waals surface area contributed by atoms with Crippen LogP contribution in [0.4, 0.5) is 0 Å². The molecule has 20 heavy (non-hydrogen) atoms. The molecule has 0 aromatic carbocycles. The molecule has 0 bridgehead atoms. The normalized spacial score (nSPS) is 11.5. The highest BCUT2D eigenvalue weighted by Gasteiger charge is 2.13. The first-order chi connectivity index (χ1) is 9.25. The van der Waals surface area contributed by atoms with Crippen molar-refractivity contribution in [1.29, 1.82) is 0 Å². The third-order valence-corrected chi connectivity index (χ3v) is 3.47.